The van der Waals surface area contributed by atoms with Crippen LogP contribution in [0.1, 0.15) is 0 Å². The molecule has 0 bridgehead atoms. The van der Waals surface area contributed by atoms with Crippen molar-refractivity contribution in [1.82, 2.24) is 0 Å². The summed E-state index contributed by atoms with van der Waals surface area (Å²) in [4.78, 5) is 22.2. The van der Waals surface area contributed by atoms with E-state index in [1.54, 1.807) is 0 Å². The summed E-state index contributed by atoms with van der Waals surface area (Å²) >= 11 is 0. The minimum absolute atomic E-state index is 1.31. The van der Waals surface area contributed by atoms with E-state index in [2.05, 4.69) is 48.5 Å². The lowest BCUT2D eigenvalue weighted by molar-refractivity contribution is -0.0979. The van der Waals surface area contributed by atoms with Crippen molar-refractivity contribution in [3.63, 3.8) is 0 Å². The van der Waals surface area contributed by atoms with Gasteiger partial charge in [0.05, 0.1) is 0 Å². The summed E-state index contributed by atoms with van der Waals surface area (Å²) in [5.41, 5.74) is 0. The van der Waals surface area contributed by atoms with Crippen LogP contribution in [0.2, 0.25) is 0 Å². The van der Waals surface area contributed by atoms with Crippen molar-refractivity contribution >= 4 is 25.8 Å². The highest BCUT2D eigenvalue weighted by molar-refractivity contribution is 7.30. The fraction of sp³-hybridized carbons (Fsp3) is 0. The molecule has 2 rings (SSSR count). The number of carbonyl (C=O) groups is 1. The van der Waals surface area contributed by atoms with E-state index in [1.807, 2.05) is 6.79 Å². The van der Waals surface area contributed by atoms with Crippen molar-refractivity contribution in [1.29, 1.82) is 0 Å². The van der Waals surface area contributed by atoms with E-state index in [-0.39, 0.29) is 0 Å². The first-order chi connectivity index (χ1) is 7.70. The molecule has 84 valence electrons. The van der Waals surface area contributed by atoms with Crippen molar-refractivity contribution in [2.24, 2.45) is 0 Å². The van der Waals surface area contributed by atoms with E-state index in [4.69, 9.17) is 19.1 Å². The van der Waals surface area contributed by atoms with Crippen molar-refractivity contribution in [3.05, 3.63) is 48.5 Å². The Bertz CT molecular complexity index is 375. The summed E-state index contributed by atoms with van der Waals surface area (Å²) in [5, 5.41) is 2.62. The molecule has 0 atom stereocenters. The monoisotopic (exact) mass is 239 g/mol. The minimum atomic E-state index is -2.87. The second kappa shape index (κ2) is 8.68. The Morgan fingerprint density at radius 3 is 1.19 bits per heavy atom. The predicted molar refractivity (Wildman–Crippen MR) is 63.1 cm³/mol. The van der Waals surface area contributed by atoms with Crippen LogP contribution in [0.5, 0.6) is 0 Å². The molecule has 2 N–H and O–H groups in total. The van der Waals surface area contributed by atoms with Crippen LogP contribution in [0, 0.1) is 0 Å². The maximum atomic E-state index is 8.70. The molecule has 16 heavy (non-hydrogen) atoms. The first-order valence-corrected chi connectivity index (χ1v) is 5.44. The lowest BCUT2D eigenvalue weighted by atomic mass is 10.1. The van der Waals surface area contributed by atoms with Gasteiger partial charge < -0.3 is 4.79 Å². The van der Waals surface area contributed by atoms with Gasteiger partial charge in [0.2, 0.25) is 0 Å². The molecule has 0 heterocycles. The summed E-state index contributed by atoms with van der Waals surface area (Å²) in [7, 11) is -2.87. The fourth-order valence-corrected chi connectivity index (χ4v) is 1.13. The largest absolute Gasteiger partial charge is 0.692 e. The lowest BCUT2D eigenvalue weighted by Crippen LogP contribution is -1.67. The van der Waals surface area contributed by atoms with Crippen LogP contribution in [0.25, 0.3) is 10.8 Å². The molecule has 0 fully saturated rings. The van der Waals surface area contributed by atoms with Gasteiger partial charge in [-0.05, 0) is 10.8 Å². The van der Waals surface area contributed by atoms with E-state index in [0.29, 0.717) is 0 Å². The Labute approximate surface area is 94.1 Å². The number of benzene rings is 2. The minimum Gasteiger partial charge on any atom is -0.307 e. The Kier molecular flexibility index (Phi) is 7.81. The molecular formula is C11H12O4P+. The predicted octanol–water partition coefficient (Wildman–Crippen LogP) is 2.28. The standard InChI is InChI=1S/C10H8.CH2O.HO3P/c1-2-6-10-8-4-3-7-9(10)5-1;1-2;1-4(2)3/h1-8H;1H2;(H-,1,2,3)/p+1. The van der Waals surface area contributed by atoms with Gasteiger partial charge in [0.25, 0.3) is 0 Å². The van der Waals surface area contributed by atoms with Crippen LogP contribution >= 0.6 is 8.25 Å². The Hall–Kier alpha value is -1.61. The molecular weight excluding hydrogens is 227 g/mol. The normalized spacial score (nSPS) is 8.12. The third-order valence-corrected chi connectivity index (χ3v) is 1.66. The number of hydrogen-bond donors (Lipinski definition) is 2. The van der Waals surface area contributed by atoms with Gasteiger partial charge in [-0.25, -0.2) is 0 Å². The van der Waals surface area contributed by atoms with E-state index >= 15 is 0 Å². The van der Waals surface area contributed by atoms with Crippen LogP contribution in [-0.4, -0.2) is 16.6 Å². The van der Waals surface area contributed by atoms with Crippen LogP contribution in [-0.2, 0) is 9.36 Å². The van der Waals surface area contributed by atoms with Gasteiger partial charge >= 0.3 is 8.25 Å². The molecule has 0 spiro atoms. The molecule has 0 amide bonds. The highest BCUT2D eigenvalue weighted by Crippen LogP contribution is 2.11. The Balaban J connectivity index is 0.000000323. The van der Waals surface area contributed by atoms with Crippen molar-refractivity contribution in [2.75, 3.05) is 0 Å². The SMILES string of the molecule is C=O.O=[P+](O)O.c1ccc2ccccc2c1. The molecule has 0 aliphatic heterocycles. The Morgan fingerprint density at radius 1 is 0.812 bits per heavy atom. The third-order valence-electron chi connectivity index (χ3n) is 1.66. The molecule has 0 saturated heterocycles. The second-order valence-corrected chi connectivity index (χ2v) is 3.11. The number of fused-ring (bicyclic) bond motifs is 1. The van der Waals surface area contributed by atoms with E-state index in [0.717, 1.165) is 0 Å². The van der Waals surface area contributed by atoms with Crippen molar-refractivity contribution < 1.29 is 19.1 Å². The van der Waals surface area contributed by atoms with Gasteiger partial charge in [0.1, 0.15) is 6.79 Å². The highest BCUT2D eigenvalue weighted by atomic mass is 31.1. The average Bonchev–Trinajstić information content (AvgIpc) is 2.31. The molecule has 2 aromatic carbocycles. The lowest BCUT2D eigenvalue weighted by Gasteiger charge is -1.92. The molecule has 4 nitrogen and oxygen atoms in total. The zero-order valence-electron chi connectivity index (χ0n) is 8.48. The van der Waals surface area contributed by atoms with Crippen molar-refractivity contribution in [2.45, 2.75) is 0 Å². The summed E-state index contributed by atoms with van der Waals surface area (Å²) in [6, 6.07) is 16.7. The van der Waals surface area contributed by atoms with Crippen LogP contribution in [0.15, 0.2) is 48.5 Å². The maximum absolute atomic E-state index is 8.70. The van der Waals surface area contributed by atoms with Gasteiger partial charge in [-0.3, -0.25) is 0 Å². The molecule has 0 aliphatic carbocycles. The molecule has 0 radical (unpaired) electrons. The van der Waals surface area contributed by atoms with Gasteiger partial charge in [0.15, 0.2) is 0 Å². The molecule has 0 aromatic heterocycles. The van der Waals surface area contributed by atoms with E-state index in [1.165, 1.54) is 10.8 Å². The van der Waals surface area contributed by atoms with E-state index < -0.39 is 8.25 Å². The third kappa shape index (κ3) is 5.98. The first kappa shape index (κ1) is 14.4. The smallest absolute Gasteiger partial charge is 0.307 e. The van der Waals surface area contributed by atoms with Gasteiger partial charge in [-0.2, -0.15) is 0 Å². The zero-order valence-corrected chi connectivity index (χ0v) is 9.38. The molecule has 0 aliphatic rings. The summed E-state index contributed by atoms with van der Waals surface area (Å²) in [6.07, 6.45) is 0. The highest BCUT2D eigenvalue weighted by Gasteiger charge is 1.93. The van der Waals surface area contributed by atoms with Crippen LogP contribution in [0.4, 0.5) is 0 Å². The van der Waals surface area contributed by atoms with Gasteiger partial charge in [-0.1, -0.05) is 48.5 Å². The summed E-state index contributed by atoms with van der Waals surface area (Å²) in [6.45, 7) is 2.00. The van der Waals surface area contributed by atoms with Crippen LogP contribution < -0.4 is 0 Å². The fourth-order valence-electron chi connectivity index (χ4n) is 1.13. The van der Waals surface area contributed by atoms with Crippen molar-refractivity contribution in [3.8, 4) is 0 Å². The van der Waals surface area contributed by atoms with E-state index in [9.17, 15) is 0 Å². The summed E-state index contributed by atoms with van der Waals surface area (Å²) < 4.78 is 8.70. The molecule has 5 heteroatoms. The Morgan fingerprint density at radius 2 is 1.00 bits per heavy atom. The van der Waals surface area contributed by atoms with Gasteiger partial charge in [-0.15, -0.1) is 9.79 Å². The molecule has 2 aromatic rings. The number of hydrogen-bond acceptors (Lipinski definition) is 2. The number of rotatable bonds is 0. The summed E-state index contributed by atoms with van der Waals surface area (Å²) in [5.74, 6) is 0. The van der Waals surface area contributed by atoms with Crippen LogP contribution in [0.3, 0.4) is 0 Å². The van der Waals surface area contributed by atoms with Gasteiger partial charge in [0, 0.05) is 4.57 Å². The topological polar surface area (TPSA) is 74.6 Å². The zero-order chi connectivity index (χ0) is 12.4. The second-order valence-electron chi connectivity index (χ2n) is 2.60. The average molecular weight is 239 g/mol. The quantitative estimate of drug-likeness (QED) is 0.691. The maximum Gasteiger partial charge on any atom is 0.692 e. The number of carbonyl (C=O) groups excluding carboxylic acids is 1. The first-order valence-electron chi connectivity index (χ1n) is 4.28. The molecule has 0 saturated carbocycles. The molecule has 0 unspecified atom stereocenters.